The van der Waals surface area contributed by atoms with E-state index in [2.05, 4.69) is 0 Å². The van der Waals surface area contributed by atoms with E-state index in [9.17, 15) is 13.0 Å². The van der Waals surface area contributed by atoms with Crippen molar-refractivity contribution in [3.05, 3.63) is 58.4 Å². The van der Waals surface area contributed by atoms with Crippen molar-refractivity contribution in [2.24, 2.45) is 0 Å². The number of nitrogens with zero attached hydrogens (tertiary/aromatic N) is 3. The van der Waals surface area contributed by atoms with Gasteiger partial charge >= 0.3 is 6.07 Å². The summed E-state index contributed by atoms with van der Waals surface area (Å²) in [4.78, 5) is 1.13. The molecule has 0 bridgehead atoms. The minimum absolute atomic E-state index is 0.0937. The van der Waals surface area contributed by atoms with Crippen molar-refractivity contribution in [1.82, 2.24) is 4.90 Å². The van der Waals surface area contributed by atoms with Gasteiger partial charge in [0.25, 0.3) is 0 Å². The predicted molar refractivity (Wildman–Crippen MR) is 78.8 cm³/mol. The molecule has 1 aromatic heterocycles. The van der Waals surface area contributed by atoms with Crippen molar-refractivity contribution in [3.8, 4) is 12.1 Å². The molecular formula is C15H13N4O3S+. The van der Waals surface area contributed by atoms with Gasteiger partial charge in [-0.05, 0) is 6.08 Å². The molecule has 23 heavy (non-hydrogen) atoms. The van der Waals surface area contributed by atoms with Gasteiger partial charge in [-0.25, -0.2) is 8.42 Å². The lowest BCUT2D eigenvalue weighted by Crippen LogP contribution is -2.42. The SMILES string of the molecule is CN(C)C1=C([n+]2ccccc2)C(C=C(C#N)C#[NH+])=C1S(=O)(=O)[O-]. The molecule has 0 radical (unpaired) electrons. The van der Waals surface area contributed by atoms with Gasteiger partial charge in [0, 0.05) is 26.2 Å². The first-order chi connectivity index (χ1) is 10.8. The summed E-state index contributed by atoms with van der Waals surface area (Å²) in [5, 5.41) is 16.0. The van der Waals surface area contributed by atoms with Gasteiger partial charge in [-0.2, -0.15) is 9.83 Å². The quantitative estimate of drug-likeness (QED) is 0.421. The average Bonchev–Trinajstić information content (AvgIpc) is 2.46. The third kappa shape index (κ3) is 2.99. The molecule has 7 nitrogen and oxygen atoms in total. The summed E-state index contributed by atoms with van der Waals surface area (Å²) in [6.07, 6.45) is 4.57. The van der Waals surface area contributed by atoms with Crippen molar-refractivity contribution < 1.29 is 22.8 Å². The van der Waals surface area contributed by atoms with E-state index in [0.29, 0.717) is 5.70 Å². The third-order valence-corrected chi connectivity index (χ3v) is 4.07. The fraction of sp³-hybridized carbons (Fsp3) is 0.133. The molecule has 1 aliphatic carbocycles. The number of hydrogen-bond donors (Lipinski definition) is 1. The van der Waals surface area contributed by atoms with Crippen molar-refractivity contribution in [1.29, 1.82) is 5.26 Å². The molecule has 0 saturated carbocycles. The van der Waals surface area contributed by atoms with Crippen molar-refractivity contribution in [3.63, 3.8) is 0 Å². The molecule has 0 saturated heterocycles. The standard InChI is InChI=1S/C15H12N4O3S/c1-18(2)14-13(19-6-4-3-5-7-19)12(8-11(9-16)10-17)15(14)23(20,21)22/h3-8H,1-2H3/p+1. The van der Waals surface area contributed by atoms with E-state index in [1.165, 1.54) is 11.0 Å². The number of aromatic nitrogens is 1. The molecule has 116 valence electrons. The second-order valence-corrected chi connectivity index (χ2v) is 6.18. The maximum absolute atomic E-state index is 11.6. The van der Waals surface area contributed by atoms with E-state index in [1.54, 1.807) is 55.3 Å². The van der Waals surface area contributed by atoms with E-state index in [4.69, 9.17) is 10.5 Å². The summed E-state index contributed by atoms with van der Waals surface area (Å²) in [7, 11) is -1.49. The van der Waals surface area contributed by atoms with Crippen LogP contribution < -0.4 is 9.83 Å². The van der Waals surface area contributed by atoms with Crippen LogP contribution in [0, 0.1) is 17.4 Å². The van der Waals surface area contributed by atoms with E-state index in [0.717, 1.165) is 0 Å². The Kier molecular flexibility index (Phi) is 4.32. The van der Waals surface area contributed by atoms with Crippen LogP contribution in [0.4, 0.5) is 0 Å². The number of nitrogens with one attached hydrogen (secondary N) is 1. The Morgan fingerprint density at radius 2 is 1.96 bits per heavy atom. The van der Waals surface area contributed by atoms with Gasteiger partial charge in [-0.15, -0.1) is 0 Å². The zero-order chi connectivity index (χ0) is 17.2. The van der Waals surface area contributed by atoms with Crippen LogP contribution in [0.25, 0.3) is 5.70 Å². The lowest BCUT2D eigenvalue weighted by Gasteiger charge is -2.30. The first-order valence-electron chi connectivity index (χ1n) is 6.45. The van der Waals surface area contributed by atoms with Crippen LogP contribution in [0.1, 0.15) is 0 Å². The topological polar surface area (TPSA) is 112 Å². The average molecular weight is 329 g/mol. The van der Waals surface area contributed by atoms with E-state index >= 15 is 0 Å². The second kappa shape index (κ2) is 6.05. The minimum atomic E-state index is -4.74. The van der Waals surface area contributed by atoms with Crippen molar-refractivity contribution in [2.45, 2.75) is 0 Å². The Morgan fingerprint density at radius 1 is 1.35 bits per heavy atom. The molecule has 0 spiro atoms. The Labute approximate surface area is 134 Å². The van der Waals surface area contributed by atoms with E-state index in [-0.39, 0.29) is 16.8 Å². The first-order valence-corrected chi connectivity index (χ1v) is 7.85. The van der Waals surface area contributed by atoms with Crippen LogP contribution in [-0.4, -0.2) is 32.0 Å². The zero-order valence-corrected chi connectivity index (χ0v) is 13.3. The smallest absolute Gasteiger partial charge is 0.319 e. The molecule has 2 rings (SSSR count). The van der Waals surface area contributed by atoms with Gasteiger partial charge in [0.15, 0.2) is 18.0 Å². The lowest BCUT2D eigenvalue weighted by molar-refractivity contribution is -0.581. The summed E-state index contributed by atoms with van der Waals surface area (Å²) in [6, 6.07) is 8.93. The molecule has 0 amide bonds. The number of rotatable bonds is 4. The van der Waals surface area contributed by atoms with Crippen LogP contribution in [-0.2, 0) is 10.1 Å². The second-order valence-electron chi connectivity index (χ2n) is 4.87. The number of likely N-dealkylation sites (N-methyl/N-ethyl adjacent to an activating group) is 1. The van der Waals surface area contributed by atoms with Crippen LogP contribution in [0.3, 0.4) is 0 Å². The largest absolute Gasteiger partial charge is 0.744 e. The summed E-state index contributed by atoms with van der Waals surface area (Å²) in [5.41, 5.74) is 0.641. The third-order valence-electron chi connectivity index (χ3n) is 3.15. The highest BCUT2D eigenvalue weighted by Gasteiger charge is 2.40. The maximum Gasteiger partial charge on any atom is 0.319 e. The molecule has 0 atom stereocenters. The molecule has 1 N–H and O–H groups in total. The Bertz CT molecular complexity index is 911. The highest BCUT2D eigenvalue weighted by atomic mass is 32.2. The van der Waals surface area contributed by atoms with Crippen LogP contribution in [0.15, 0.2) is 58.4 Å². The normalized spacial score (nSPS) is 14.9. The highest BCUT2D eigenvalue weighted by Crippen LogP contribution is 2.40. The molecule has 8 heteroatoms. The van der Waals surface area contributed by atoms with Crippen LogP contribution in [0.2, 0.25) is 0 Å². The predicted octanol–water partition coefficient (Wildman–Crippen LogP) is -1.26. The summed E-state index contributed by atoms with van der Waals surface area (Å²) < 4.78 is 36.5. The highest BCUT2D eigenvalue weighted by molar-refractivity contribution is 7.90. The number of nitriles is 1. The molecule has 0 fully saturated rings. The molecule has 0 aliphatic heterocycles. The van der Waals surface area contributed by atoms with Gasteiger partial charge < -0.3 is 9.45 Å². The fourth-order valence-corrected chi connectivity index (χ4v) is 3.20. The summed E-state index contributed by atoms with van der Waals surface area (Å²) in [6.45, 7) is 0. The minimum Gasteiger partial charge on any atom is -0.744 e. The Balaban J connectivity index is 2.75. The van der Waals surface area contributed by atoms with E-state index < -0.39 is 15.0 Å². The monoisotopic (exact) mass is 329 g/mol. The molecule has 1 aromatic rings. The van der Waals surface area contributed by atoms with Gasteiger partial charge in [-0.3, -0.25) is 0 Å². The first kappa shape index (κ1) is 16.4. The molecule has 0 aromatic carbocycles. The number of allylic oxidation sites excluding steroid dienone is 4. The van der Waals surface area contributed by atoms with Crippen molar-refractivity contribution >= 4 is 15.8 Å². The summed E-state index contributed by atoms with van der Waals surface area (Å²) >= 11 is 0. The lowest BCUT2D eigenvalue weighted by atomic mass is 9.96. The number of hydrogen-bond acceptors (Lipinski definition) is 5. The van der Waals surface area contributed by atoms with Gasteiger partial charge in [0.1, 0.15) is 21.9 Å². The molecule has 0 unspecified atom stereocenters. The molecule has 1 aliphatic rings. The summed E-state index contributed by atoms with van der Waals surface area (Å²) in [5.74, 6) is 0. The van der Waals surface area contributed by atoms with E-state index in [1.807, 2.05) is 6.07 Å². The Hall–Kier alpha value is -2.94. The molecular weight excluding hydrogens is 316 g/mol. The van der Waals surface area contributed by atoms with Gasteiger partial charge in [0.2, 0.25) is 5.70 Å². The van der Waals surface area contributed by atoms with Crippen LogP contribution >= 0.6 is 0 Å². The number of pyridine rings is 1. The zero-order valence-electron chi connectivity index (χ0n) is 12.4. The van der Waals surface area contributed by atoms with Gasteiger partial charge in [0.05, 0.1) is 10.5 Å². The maximum atomic E-state index is 11.6. The fourth-order valence-electron chi connectivity index (χ4n) is 2.26. The van der Waals surface area contributed by atoms with Gasteiger partial charge in [-0.1, -0.05) is 11.3 Å². The van der Waals surface area contributed by atoms with Crippen molar-refractivity contribution in [2.75, 3.05) is 14.1 Å². The van der Waals surface area contributed by atoms with Crippen LogP contribution in [0.5, 0.6) is 0 Å². The Morgan fingerprint density at radius 3 is 2.39 bits per heavy atom. The molecule has 1 heterocycles.